The van der Waals surface area contributed by atoms with Gasteiger partial charge in [0.2, 0.25) is 0 Å². The maximum Gasteiger partial charge on any atom is 0.276 e. The monoisotopic (exact) mass is 325 g/mol. The second-order valence-electron chi connectivity index (χ2n) is 6.72. The predicted octanol–water partition coefficient (Wildman–Crippen LogP) is 1.64. The topological polar surface area (TPSA) is 54.3 Å². The largest absolute Gasteiger partial charge is 0.334 e. The van der Waals surface area contributed by atoms with Gasteiger partial charge in [-0.05, 0) is 24.9 Å². The number of aromatic nitrogens is 3. The molecule has 126 valence electrons. The fourth-order valence-electron chi connectivity index (χ4n) is 3.75. The van der Waals surface area contributed by atoms with Gasteiger partial charge in [0.15, 0.2) is 5.69 Å². The van der Waals surface area contributed by atoms with E-state index >= 15 is 0 Å². The van der Waals surface area contributed by atoms with Crippen molar-refractivity contribution in [3.05, 3.63) is 47.8 Å². The molecule has 24 heavy (non-hydrogen) atoms. The molecule has 1 unspecified atom stereocenters. The minimum atomic E-state index is 0.0135. The van der Waals surface area contributed by atoms with Crippen LogP contribution in [0.2, 0.25) is 0 Å². The number of piperidine rings is 1. The Labute approximate surface area is 142 Å². The molecule has 2 aromatic rings. The van der Waals surface area contributed by atoms with Crippen molar-refractivity contribution in [2.24, 2.45) is 0 Å². The van der Waals surface area contributed by atoms with Crippen LogP contribution in [0.15, 0.2) is 36.5 Å². The third kappa shape index (κ3) is 3.19. The van der Waals surface area contributed by atoms with Crippen molar-refractivity contribution in [3.8, 4) is 0 Å². The molecule has 1 aromatic carbocycles. The highest BCUT2D eigenvalue weighted by atomic mass is 16.2. The molecule has 2 fully saturated rings. The van der Waals surface area contributed by atoms with E-state index in [1.165, 1.54) is 25.8 Å². The summed E-state index contributed by atoms with van der Waals surface area (Å²) in [5.41, 5.74) is 1.60. The van der Waals surface area contributed by atoms with Crippen LogP contribution < -0.4 is 0 Å². The van der Waals surface area contributed by atoms with E-state index in [2.05, 4.69) is 15.2 Å². The Bertz CT molecular complexity index is 698. The first-order valence-electron chi connectivity index (χ1n) is 8.77. The van der Waals surface area contributed by atoms with Crippen LogP contribution in [0.25, 0.3) is 0 Å². The number of carbonyl (C=O) groups is 1. The number of piperazine rings is 1. The molecule has 2 aliphatic heterocycles. The lowest BCUT2D eigenvalue weighted by atomic mass is 9.99. The molecule has 6 nitrogen and oxygen atoms in total. The van der Waals surface area contributed by atoms with Gasteiger partial charge in [0.25, 0.3) is 5.91 Å². The maximum absolute atomic E-state index is 12.7. The second-order valence-corrected chi connectivity index (χ2v) is 6.72. The lowest BCUT2D eigenvalue weighted by Gasteiger charge is -2.43. The first kappa shape index (κ1) is 15.3. The van der Waals surface area contributed by atoms with Gasteiger partial charge in [-0.2, -0.15) is 0 Å². The SMILES string of the molecule is O=C(c1cn(Cc2ccccc2)nn1)N1CCN2CCCCC2C1. The number of benzene rings is 1. The molecule has 1 atom stereocenters. The molecule has 3 heterocycles. The quantitative estimate of drug-likeness (QED) is 0.861. The second kappa shape index (κ2) is 6.73. The molecule has 2 aliphatic rings. The van der Waals surface area contributed by atoms with Crippen LogP contribution in [0.5, 0.6) is 0 Å². The van der Waals surface area contributed by atoms with Gasteiger partial charge < -0.3 is 4.90 Å². The van der Waals surface area contributed by atoms with Gasteiger partial charge in [0, 0.05) is 25.7 Å². The Kier molecular flexibility index (Phi) is 4.30. The Hall–Kier alpha value is -2.21. The Morgan fingerprint density at radius 3 is 2.88 bits per heavy atom. The van der Waals surface area contributed by atoms with E-state index in [-0.39, 0.29) is 5.91 Å². The standard InChI is InChI=1S/C18H23N5O/c24-18(22-11-10-21-9-5-4-8-16(21)13-22)17-14-23(20-19-17)12-15-6-2-1-3-7-15/h1-3,6-7,14,16H,4-5,8-13H2. The first-order valence-corrected chi connectivity index (χ1v) is 8.77. The van der Waals surface area contributed by atoms with Crippen LogP contribution in [0.4, 0.5) is 0 Å². The summed E-state index contributed by atoms with van der Waals surface area (Å²) in [6, 6.07) is 10.6. The highest BCUT2D eigenvalue weighted by Gasteiger charge is 2.32. The van der Waals surface area contributed by atoms with E-state index < -0.39 is 0 Å². The van der Waals surface area contributed by atoms with Crippen molar-refractivity contribution in [1.82, 2.24) is 24.8 Å². The zero-order chi connectivity index (χ0) is 16.4. The molecule has 0 saturated carbocycles. The van der Waals surface area contributed by atoms with Crippen molar-refractivity contribution in [3.63, 3.8) is 0 Å². The fourth-order valence-corrected chi connectivity index (χ4v) is 3.75. The molecule has 0 aliphatic carbocycles. The summed E-state index contributed by atoms with van der Waals surface area (Å²) >= 11 is 0. The Morgan fingerprint density at radius 2 is 2.00 bits per heavy atom. The average Bonchev–Trinajstić information content (AvgIpc) is 3.10. The van der Waals surface area contributed by atoms with Gasteiger partial charge in [0.05, 0.1) is 12.7 Å². The lowest BCUT2D eigenvalue weighted by molar-refractivity contribution is 0.0368. The number of nitrogens with zero attached hydrogens (tertiary/aromatic N) is 5. The summed E-state index contributed by atoms with van der Waals surface area (Å²) in [7, 11) is 0. The number of fused-ring (bicyclic) bond motifs is 1. The van der Waals surface area contributed by atoms with Crippen molar-refractivity contribution in [2.45, 2.75) is 31.8 Å². The van der Waals surface area contributed by atoms with E-state index in [1.807, 2.05) is 35.2 Å². The van der Waals surface area contributed by atoms with Crippen LogP contribution in [-0.4, -0.2) is 62.9 Å². The summed E-state index contributed by atoms with van der Waals surface area (Å²) < 4.78 is 1.74. The van der Waals surface area contributed by atoms with Gasteiger partial charge in [-0.15, -0.1) is 5.10 Å². The van der Waals surface area contributed by atoms with E-state index in [1.54, 1.807) is 10.9 Å². The van der Waals surface area contributed by atoms with Crippen LogP contribution in [0.1, 0.15) is 35.3 Å². The number of amides is 1. The Balaban J connectivity index is 1.41. The molecule has 0 radical (unpaired) electrons. The number of rotatable bonds is 3. The smallest absolute Gasteiger partial charge is 0.276 e. The van der Waals surface area contributed by atoms with Crippen LogP contribution in [0.3, 0.4) is 0 Å². The normalized spacial score (nSPS) is 21.5. The highest BCUT2D eigenvalue weighted by molar-refractivity contribution is 5.92. The number of hydrogen-bond donors (Lipinski definition) is 0. The number of hydrogen-bond acceptors (Lipinski definition) is 4. The van der Waals surface area contributed by atoms with Gasteiger partial charge in [-0.25, -0.2) is 4.68 Å². The van der Waals surface area contributed by atoms with Crippen molar-refractivity contribution in [2.75, 3.05) is 26.2 Å². The lowest BCUT2D eigenvalue weighted by Crippen LogP contribution is -2.56. The van der Waals surface area contributed by atoms with Crippen LogP contribution in [-0.2, 0) is 6.54 Å². The molecular weight excluding hydrogens is 302 g/mol. The summed E-state index contributed by atoms with van der Waals surface area (Å²) in [6.07, 6.45) is 5.53. The summed E-state index contributed by atoms with van der Waals surface area (Å²) in [6.45, 7) is 4.41. The third-order valence-corrected chi connectivity index (χ3v) is 5.07. The van der Waals surface area contributed by atoms with E-state index in [9.17, 15) is 4.79 Å². The van der Waals surface area contributed by atoms with Gasteiger partial charge in [0.1, 0.15) is 0 Å². The zero-order valence-electron chi connectivity index (χ0n) is 13.8. The third-order valence-electron chi connectivity index (χ3n) is 5.07. The first-order chi connectivity index (χ1) is 11.8. The minimum absolute atomic E-state index is 0.0135. The highest BCUT2D eigenvalue weighted by Crippen LogP contribution is 2.21. The van der Waals surface area contributed by atoms with Crippen LogP contribution in [0, 0.1) is 0 Å². The molecule has 0 N–H and O–H groups in total. The maximum atomic E-state index is 12.7. The molecule has 0 bridgehead atoms. The minimum Gasteiger partial charge on any atom is -0.334 e. The van der Waals surface area contributed by atoms with E-state index in [0.29, 0.717) is 18.3 Å². The fraction of sp³-hybridized carbons (Fsp3) is 0.500. The van der Waals surface area contributed by atoms with E-state index in [0.717, 1.165) is 25.2 Å². The molecule has 0 spiro atoms. The summed E-state index contributed by atoms with van der Waals surface area (Å²) in [5, 5.41) is 8.22. The van der Waals surface area contributed by atoms with E-state index in [4.69, 9.17) is 0 Å². The molecule has 2 saturated heterocycles. The van der Waals surface area contributed by atoms with Gasteiger partial charge in [-0.1, -0.05) is 42.0 Å². The molecule has 1 aromatic heterocycles. The van der Waals surface area contributed by atoms with Gasteiger partial charge in [-0.3, -0.25) is 9.69 Å². The van der Waals surface area contributed by atoms with Crippen molar-refractivity contribution in [1.29, 1.82) is 0 Å². The summed E-state index contributed by atoms with van der Waals surface area (Å²) in [4.78, 5) is 17.2. The molecule has 1 amide bonds. The zero-order valence-corrected chi connectivity index (χ0v) is 13.8. The van der Waals surface area contributed by atoms with Gasteiger partial charge >= 0.3 is 0 Å². The molecular formula is C18H23N5O. The average molecular weight is 325 g/mol. The molecule has 4 rings (SSSR count). The molecule has 6 heteroatoms. The number of carbonyl (C=O) groups excluding carboxylic acids is 1. The van der Waals surface area contributed by atoms with Crippen LogP contribution >= 0.6 is 0 Å². The Morgan fingerprint density at radius 1 is 1.12 bits per heavy atom. The summed E-state index contributed by atoms with van der Waals surface area (Å²) in [5.74, 6) is 0.0135. The van der Waals surface area contributed by atoms with Crippen molar-refractivity contribution < 1.29 is 4.79 Å². The predicted molar refractivity (Wildman–Crippen MR) is 90.7 cm³/mol. The van der Waals surface area contributed by atoms with Crippen molar-refractivity contribution >= 4 is 5.91 Å².